The summed E-state index contributed by atoms with van der Waals surface area (Å²) >= 11 is 0. The Balaban J connectivity index is 1.31. The van der Waals surface area contributed by atoms with E-state index >= 15 is 0 Å². The van der Waals surface area contributed by atoms with Gasteiger partial charge in [-0.3, -0.25) is 4.98 Å². The first-order chi connectivity index (χ1) is 13.6. The number of piperidine rings is 1. The van der Waals surface area contributed by atoms with Crippen molar-refractivity contribution in [1.82, 2.24) is 9.88 Å². The van der Waals surface area contributed by atoms with Crippen molar-refractivity contribution in [1.29, 1.82) is 0 Å². The highest BCUT2D eigenvalue weighted by atomic mass is 16.5. The molecule has 0 radical (unpaired) electrons. The third kappa shape index (κ3) is 4.33. The molecule has 1 saturated heterocycles. The van der Waals surface area contributed by atoms with E-state index in [-0.39, 0.29) is 6.61 Å². The van der Waals surface area contributed by atoms with Gasteiger partial charge in [0.05, 0.1) is 11.1 Å². The van der Waals surface area contributed by atoms with E-state index < -0.39 is 11.7 Å². The summed E-state index contributed by atoms with van der Waals surface area (Å²) in [5.41, 5.74) is 0.951. The smallest absolute Gasteiger partial charge is 0.119 e. The van der Waals surface area contributed by atoms with Crippen molar-refractivity contribution in [2.24, 2.45) is 0 Å². The Morgan fingerprint density at radius 3 is 2.54 bits per heavy atom. The van der Waals surface area contributed by atoms with Gasteiger partial charge in [-0.1, -0.05) is 36.4 Å². The molecule has 0 amide bonds. The topological polar surface area (TPSA) is 65.8 Å². The van der Waals surface area contributed by atoms with Crippen molar-refractivity contribution < 1.29 is 14.9 Å². The predicted octanol–water partition coefficient (Wildman–Crippen LogP) is 2.96. The number of likely N-dealkylation sites (tertiary alicyclic amines) is 1. The van der Waals surface area contributed by atoms with E-state index in [2.05, 4.69) is 9.88 Å². The molecular formula is C23H26N2O3. The molecule has 5 heteroatoms. The Kier molecular flexibility index (Phi) is 5.57. The highest BCUT2D eigenvalue weighted by Crippen LogP contribution is 2.33. The minimum Gasteiger partial charge on any atom is -0.491 e. The molecule has 1 aromatic heterocycles. The van der Waals surface area contributed by atoms with Crippen molar-refractivity contribution in [3.05, 3.63) is 72.4 Å². The lowest BCUT2D eigenvalue weighted by Gasteiger charge is -2.39. The van der Waals surface area contributed by atoms with E-state index in [1.54, 1.807) is 6.20 Å². The van der Waals surface area contributed by atoms with Gasteiger partial charge in [0, 0.05) is 36.8 Å². The fourth-order valence-electron chi connectivity index (χ4n) is 3.78. The van der Waals surface area contributed by atoms with Crippen LogP contribution in [0.25, 0.3) is 10.9 Å². The number of aliphatic hydroxyl groups is 2. The quantitative estimate of drug-likeness (QED) is 0.690. The summed E-state index contributed by atoms with van der Waals surface area (Å²) in [6.45, 7) is 2.26. The van der Waals surface area contributed by atoms with Crippen LogP contribution in [0.5, 0.6) is 5.75 Å². The Morgan fingerprint density at radius 2 is 1.75 bits per heavy atom. The third-order valence-corrected chi connectivity index (χ3v) is 5.47. The zero-order valence-corrected chi connectivity index (χ0v) is 15.9. The molecule has 2 N–H and O–H groups in total. The van der Waals surface area contributed by atoms with Gasteiger partial charge in [-0.2, -0.15) is 0 Å². The second-order valence-electron chi connectivity index (χ2n) is 7.53. The van der Waals surface area contributed by atoms with Crippen molar-refractivity contribution in [3.63, 3.8) is 0 Å². The van der Waals surface area contributed by atoms with Gasteiger partial charge in [-0.25, -0.2) is 0 Å². The number of para-hydroxylation sites is 2. The van der Waals surface area contributed by atoms with E-state index in [0.717, 1.165) is 35.3 Å². The van der Waals surface area contributed by atoms with Gasteiger partial charge in [0.15, 0.2) is 0 Å². The average molecular weight is 378 g/mol. The maximum Gasteiger partial charge on any atom is 0.119 e. The number of benzene rings is 2. The standard InChI is InChI=1S/C23H26N2O3/c26-20(17-28-21-7-2-1-3-8-21)16-25-12-10-23(27,11-13-25)19-14-18-6-4-5-9-22(18)24-15-19/h1-9,14-15,20,26-27H,10-13,16-17H2. The SMILES string of the molecule is OC(COc1ccccc1)CN1CCC(O)(c2cnc3ccccc3c2)CC1. The van der Waals surface area contributed by atoms with Crippen molar-refractivity contribution in [2.75, 3.05) is 26.2 Å². The molecule has 0 aliphatic carbocycles. The van der Waals surface area contributed by atoms with E-state index in [1.807, 2.05) is 60.7 Å². The number of hydrogen-bond acceptors (Lipinski definition) is 5. The summed E-state index contributed by atoms with van der Waals surface area (Å²) in [7, 11) is 0. The summed E-state index contributed by atoms with van der Waals surface area (Å²) < 4.78 is 5.63. The number of aliphatic hydroxyl groups excluding tert-OH is 1. The van der Waals surface area contributed by atoms with E-state index in [0.29, 0.717) is 19.4 Å². The van der Waals surface area contributed by atoms with Gasteiger partial charge >= 0.3 is 0 Å². The zero-order chi connectivity index (χ0) is 19.4. The van der Waals surface area contributed by atoms with Crippen molar-refractivity contribution in [2.45, 2.75) is 24.5 Å². The van der Waals surface area contributed by atoms with Gasteiger partial charge in [0.2, 0.25) is 0 Å². The van der Waals surface area contributed by atoms with Crippen LogP contribution in [0.2, 0.25) is 0 Å². The van der Waals surface area contributed by atoms with E-state index in [4.69, 9.17) is 4.74 Å². The molecule has 1 unspecified atom stereocenters. The number of rotatable bonds is 6. The van der Waals surface area contributed by atoms with Gasteiger partial charge in [-0.05, 0) is 37.1 Å². The Bertz CT molecular complexity index is 908. The lowest BCUT2D eigenvalue weighted by atomic mass is 9.84. The number of nitrogens with zero attached hydrogens (tertiary/aromatic N) is 2. The highest BCUT2D eigenvalue weighted by Gasteiger charge is 2.34. The Morgan fingerprint density at radius 1 is 1.04 bits per heavy atom. The third-order valence-electron chi connectivity index (χ3n) is 5.47. The Hall–Kier alpha value is -2.47. The Labute approximate surface area is 165 Å². The largest absolute Gasteiger partial charge is 0.491 e. The molecule has 28 heavy (non-hydrogen) atoms. The summed E-state index contributed by atoms with van der Waals surface area (Å²) in [6.07, 6.45) is 2.48. The number of pyridine rings is 1. The fourth-order valence-corrected chi connectivity index (χ4v) is 3.78. The lowest BCUT2D eigenvalue weighted by molar-refractivity contribution is -0.0373. The minimum atomic E-state index is -0.862. The molecule has 1 aliphatic rings. The van der Waals surface area contributed by atoms with Crippen LogP contribution in [0.15, 0.2) is 66.9 Å². The first-order valence-electron chi connectivity index (χ1n) is 9.78. The van der Waals surface area contributed by atoms with Crippen LogP contribution >= 0.6 is 0 Å². The molecule has 0 saturated carbocycles. The van der Waals surface area contributed by atoms with Crippen LogP contribution < -0.4 is 4.74 Å². The predicted molar refractivity (Wildman–Crippen MR) is 109 cm³/mol. The van der Waals surface area contributed by atoms with Gasteiger partial charge in [0.25, 0.3) is 0 Å². The number of β-amino-alcohol motifs (C(OH)–C–C–N with tert-alkyl or cyclic N) is 1. The normalized spacial score (nSPS) is 18.1. The maximum atomic E-state index is 11.2. The molecule has 4 rings (SSSR count). The molecule has 3 aromatic rings. The molecule has 0 bridgehead atoms. The molecule has 1 fully saturated rings. The minimum absolute atomic E-state index is 0.263. The van der Waals surface area contributed by atoms with Crippen LogP contribution in [-0.4, -0.2) is 52.4 Å². The molecule has 1 atom stereocenters. The second kappa shape index (κ2) is 8.27. The summed E-state index contributed by atoms with van der Waals surface area (Å²) in [5.74, 6) is 0.762. The van der Waals surface area contributed by atoms with Crippen molar-refractivity contribution in [3.8, 4) is 5.75 Å². The average Bonchev–Trinajstić information content (AvgIpc) is 2.74. The lowest BCUT2D eigenvalue weighted by Crippen LogP contribution is -2.46. The zero-order valence-electron chi connectivity index (χ0n) is 15.9. The summed E-state index contributed by atoms with van der Waals surface area (Å²) in [4.78, 5) is 6.67. The number of hydrogen-bond donors (Lipinski definition) is 2. The molecule has 1 aliphatic heterocycles. The van der Waals surface area contributed by atoms with E-state index in [9.17, 15) is 10.2 Å². The van der Waals surface area contributed by atoms with Crippen molar-refractivity contribution >= 4 is 10.9 Å². The summed E-state index contributed by atoms with van der Waals surface area (Å²) in [5, 5.41) is 22.5. The first kappa shape index (κ1) is 18.9. The number of ether oxygens (including phenoxy) is 1. The van der Waals surface area contributed by atoms with Gasteiger partial charge < -0.3 is 19.8 Å². The fraction of sp³-hybridized carbons (Fsp3) is 0.348. The summed E-state index contributed by atoms with van der Waals surface area (Å²) in [6, 6.07) is 19.5. The molecule has 2 aromatic carbocycles. The molecule has 0 spiro atoms. The molecule has 5 nitrogen and oxygen atoms in total. The highest BCUT2D eigenvalue weighted by molar-refractivity contribution is 5.78. The number of aromatic nitrogens is 1. The maximum absolute atomic E-state index is 11.2. The van der Waals surface area contributed by atoms with Gasteiger partial charge in [-0.15, -0.1) is 0 Å². The first-order valence-corrected chi connectivity index (χ1v) is 9.78. The molecular weight excluding hydrogens is 352 g/mol. The van der Waals surface area contributed by atoms with Crippen LogP contribution in [-0.2, 0) is 5.60 Å². The molecule has 2 heterocycles. The number of fused-ring (bicyclic) bond motifs is 1. The van der Waals surface area contributed by atoms with Crippen LogP contribution in [0.3, 0.4) is 0 Å². The molecule has 146 valence electrons. The monoisotopic (exact) mass is 378 g/mol. The van der Waals surface area contributed by atoms with Crippen LogP contribution in [0.4, 0.5) is 0 Å². The van der Waals surface area contributed by atoms with Gasteiger partial charge in [0.1, 0.15) is 18.5 Å². The van der Waals surface area contributed by atoms with E-state index in [1.165, 1.54) is 0 Å². The second-order valence-corrected chi connectivity index (χ2v) is 7.53. The van der Waals surface area contributed by atoms with Crippen LogP contribution in [0.1, 0.15) is 18.4 Å². The van der Waals surface area contributed by atoms with Crippen LogP contribution in [0, 0.1) is 0 Å².